The summed E-state index contributed by atoms with van der Waals surface area (Å²) in [5.41, 5.74) is 1.11. The Labute approximate surface area is 122 Å². The van der Waals surface area contributed by atoms with Crippen LogP contribution >= 0.6 is 0 Å². The Bertz CT molecular complexity index is 624. The number of nitrogens with one attached hydrogen (secondary N) is 2. The highest BCUT2D eigenvalue weighted by molar-refractivity contribution is 5.64. The lowest BCUT2D eigenvalue weighted by Gasteiger charge is -2.13. The van der Waals surface area contributed by atoms with Crippen molar-refractivity contribution in [2.45, 2.75) is 26.7 Å². The van der Waals surface area contributed by atoms with Gasteiger partial charge in [0.2, 0.25) is 0 Å². The molecule has 0 fully saturated rings. The van der Waals surface area contributed by atoms with Crippen LogP contribution in [0.2, 0.25) is 0 Å². The first-order valence-corrected chi connectivity index (χ1v) is 6.82. The van der Waals surface area contributed by atoms with E-state index < -0.39 is 11.6 Å². The summed E-state index contributed by atoms with van der Waals surface area (Å²) in [4.78, 5) is 8.83. The van der Waals surface area contributed by atoms with E-state index in [0.29, 0.717) is 23.1 Å². The highest BCUT2D eigenvalue weighted by atomic mass is 19.1. The van der Waals surface area contributed by atoms with Gasteiger partial charge >= 0.3 is 0 Å². The second-order valence-electron chi connectivity index (χ2n) is 4.75. The summed E-state index contributed by atoms with van der Waals surface area (Å²) in [6.07, 6.45) is 1.65. The zero-order valence-corrected chi connectivity index (χ0v) is 12.3. The number of rotatable bonds is 5. The Hall–Kier alpha value is -2.24. The molecular weight excluding hydrogens is 274 g/mol. The van der Waals surface area contributed by atoms with Gasteiger partial charge in [-0.3, -0.25) is 0 Å². The number of aryl methyl sites for hydroxylation is 1. The monoisotopic (exact) mass is 292 g/mol. The molecule has 1 aromatic heterocycles. The number of anilines is 3. The molecule has 4 nitrogen and oxygen atoms in total. The average Bonchev–Trinajstić information content (AvgIpc) is 2.41. The number of benzene rings is 1. The van der Waals surface area contributed by atoms with Crippen molar-refractivity contribution >= 4 is 17.3 Å². The van der Waals surface area contributed by atoms with E-state index in [1.54, 1.807) is 7.05 Å². The van der Waals surface area contributed by atoms with Gasteiger partial charge in [0.1, 0.15) is 29.1 Å². The second kappa shape index (κ2) is 6.47. The molecule has 0 unspecified atom stereocenters. The van der Waals surface area contributed by atoms with E-state index in [1.165, 1.54) is 12.1 Å². The number of hydrogen-bond acceptors (Lipinski definition) is 4. The fourth-order valence-corrected chi connectivity index (χ4v) is 2.03. The summed E-state index contributed by atoms with van der Waals surface area (Å²) in [6, 6.07) is 3.28. The third-order valence-corrected chi connectivity index (χ3v) is 3.03. The molecule has 0 saturated carbocycles. The SMILES string of the molecule is CCCc1nc(NC)c(C)c(Nc2cc(F)cc(F)c2)n1. The van der Waals surface area contributed by atoms with E-state index in [-0.39, 0.29) is 0 Å². The van der Waals surface area contributed by atoms with Crippen molar-refractivity contribution in [1.82, 2.24) is 9.97 Å². The van der Waals surface area contributed by atoms with Gasteiger partial charge in [0.25, 0.3) is 0 Å². The van der Waals surface area contributed by atoms with Crippen molar-refractivity contribution in [2.75, 3.05) is 17.7 Å². The molecule has 2 N–H and O–H groups in total. The Kier molecular flexibility index (Phi) is 4.67. The van der Waals surface area contributed by atoms with Gasteiger partial charge in [0.15, 0.2) is 0 Å². The number of nitrogens with zero attached hydrogens (tertiary/aromatic N) is 2. The standard InChI is InChI=1S/C15H18F2N4/c1-4-5-13-20-14(18-3)9(2)15(21-13)19-12-7-10(16)6-11(17)8-12/h6-8H,4-5H2,1-3H3,(H2,18,19,20,21). The van der Waals surface area contributed by atoms with E-state index in [4.69, 9.17) is 0 Å². The Morgan fingerprint density at radius 2 is 1.67 bits per heavy atom. The minimum absolute atomic E-state index is 0.318. The quantitative estimate of drug-likeness (QED) is 0.880. The van der Waals surface area contributed by atoms with E-state index in [1.807, 2.05) is 13.8 Å². The topological polar surface area (TPSA) is 49.8 Å². The van der Waals surface area contributed by atoms with E-state index in [0.717, 1.165) is 24.5 Å². The van der Waals surface area contributed by atoms with Crippen LogP contribution in [0.4, 0.5) is 26.1 Å². The van der Waals surface area contributed by atoms with Gasteiger partial charge in [-0.1, -0.05) is 6.92 Å². The van der Waals surface area contributed by atoms with Crippen LogP contribution < -0.4 is 10.6 Å². The van der Waals surface area contributed by atoms with Crippen LogP contribution in [0.15, 0.2) is 18.2 Å². The lowest BCUT2D eigenvalue weighted by atomic mass is 10.2. The summed E-state index contributed by atoms with van der Waals surface area (Å²) < 4.78 is 26.5. The maximum absolute atomic E-state index is 13.3. The molecule has 2 aromatic rings. The third-order valence-electron chi connectivity index (χ3n) is 3.03. The fourth-order valence-electron chi connectivity index (χ4n) is 2.03. The zero-order valence-electron chi connectivity index (χ0n) is 12.3. The summed E-state index contributed by atoms with van der Waals surface area (Å²) in [5, 5.41) is 5.96. The first-order chi connectivity index (χ1) is 10.0. The van der Waals surface area contributed by atoms with Crippen LogP contribution in [-0.4, -0.2) is 17.0 Å². The molecule has 0 bridgehead atoms. The van der Waals surface area contributed by atoms with Gasteiger partial charge in [-0.15, -0.1) is 0 Å². The molecule has 21 heavy (non-hydrogen) atoms. The highest BCUT2D eigenvalue weighted by Crippen LogP contribution is 2.24. The maximum atomic E-state index is 13.3. The van der Waals surface area contributed by atoms with Crippen LogP contribution in [0.1, 0.15) is 24.7 Å². The minimum atomic E-state index is -0.633. The normalized spacial score (nSPS) is 10.5. The third kappa shape index (κ3) is 3.65. The van der Waals surface area contributed by atoms with Crippen LogP contribution in [-0.2, 0) is 6.42 Å². The molecule has 112 valence electrons. The van der Waals surface area contributed by atoms with Crippen molar-refractivity contribution in [3.05, 3.63) is 41.2 Å². The molecule has 0 saturated heterocycles. The predicted molar refractivity (Wildman–Crippen MR) is 80.0 cm³/mol. The number of aromatic nitrogens is 2. The fraction of sp³-hybridized carbons (Fsp3) is 0.333. The highest BCUT2D eigenvalue weighted by Gasteiger charge is 2.11. The van der Waals surface area contributed by atoms with Crippen LogP contribution in [0.5, 0.6) is 0 Å². The molecule has 0 aliphatic rings. The minimum Gasteiger partial charge on any atom is -0.373 e. The van der Waals surface area contributed by atoms with Gasteiger partial charge < -0.3 is 10.6 Å². The van der Waals surface area contributed by atoms with Gasteiger partial charge in [-0.05, 0) is 25.5 Å². The molecule has 0 aliphatic heterocycles. The summed E-state index contributed by atoms with van der Waals surface area (Å²) in [7, 11) is 1.77. The number of hydrogen-bond donors (Lipinski definition) is 2. The van der Waals surface area contributed by atoms with Crippen molar-refractivity contribution < 1.29 is 8.78 Å². The lowest BCUT2D eigenvalue weighted by Crippen LogP contribution is -2.07. The molecule has 0 radical (unpaired) electrons. The van der Waals surface area contributed by atoms with Crippen LogP contribution in [0, 0.1) is 18.6 Å². The van der Waals surface area contributed by atoms with Crippen molar-refractivity contribution in [3.63, 3.8) is 0 Å². The van der Waals surface area contributed by atoms with E-state index >= 15 is 0 Å². The van der Waals surface area contributed by atoms with Gasteiger partial charge in [0.05, 0.1) is 0 Å². The van der Waals surface area contributed by atoms with Crippen LogP contribution in [0.25, 0.3) is 0 Å². The van der Waals surface area contributed by atoms with Crippen molar-refractivity contribution in [3.8, 4) is 0 Å². The number of halogens is 2. The molecule has 1 heterocycles. The smallest absolute Gasteiger partial charge is 0.139 e. The molecule has 6 heteroatoms. The zero-order chi connectivity index (χ0) is 15.4. The first-order valence-electron chi connectivity index (χ1n) is 6.82. The molecule has 2 rings (SSSR count). The molecular formula is C15H18F2N4. The van der Waals surface area contributed by atoms with E-state index in [9.17, 15) is 8.78 Å². The van der Waals surface area contributed by atoms with Gasteiger partial charge in [-0.25, -0.2) is 18.7 Å². The summed E-state index contributed by atoms with van der Waals surface area (Å²) in [5.74, 6) is 0.668. The molecule has 1 aromatic carbocycles. The Morgan fingerprint density at radius 1 is 1.05 bits per heavy atom. The lowest BCUT2D eigenvalue weighted by molar-refractivity contribution is 0.584. The molecule has 0 amide bonds. The summed E-state index contributed by atoms with van der Waals surface area (Å²) >= 11 is 0. The van der Waals surface area contributed by atoms with Crippen molar-refractivity contribution in [2.24, 2.45) is 0 Å². The van der Waals surface area contributed by atoms with Gasteiger partial charge in [0, 0.05) is 30.8 Å². The first kappa shape index (κ1) is 15.2. The summed E-state index contributed by atoms with van der Waals surface area (Å²) in [6.45, 7) is 3.89. The largest absolute Gasteiger partial charge is 0.373 e. The average molecular weight is 292 g/mol. The van der Waals surface area contributed by atoms with Crippen molar-refractivity contribution in [1.29, 1.82) is 0 Å². The maximum Gasteiger partial charge on any atom is 0.139 e. The van der Waals surface area contributed by atoms with Crippen LogP contribution in [0.3, 0.4) is 0 Å². The molecule has 0 atom stereocenters. The molecule has 0 spiro atoms. The Balaban J connectivity index is 2.39. The predicted octanol–water partition coefficient (Wildman–Crippen LogP) is 3.80. The van der Waals surface area contributed by atoms with Gasteiger partial charge in [-0.2, -0.15) is 0 Å². The van der Waals surface area contributed by atoms with E-state index in [2.05, 4.69) is 20.6 Å². The Morgan fingerprint density at radius 3 is 2.24 bits per heavy atom. The second-order valence-corrected chi connectivity index (χ2v) is 4.75. The molecule has 0 aliphatic carbocycles.